The third-order valence-corrected chi connectivity index (χ3v) is 3.82. The number of nitrogens with one attached hydrogen (secondary N) is 3. The number of ketones is 1. The van der Waals surface area contributed by atoms with Crippen LogP contribution in [0.3, 0.4) is 0 Å². The molecule has 144 valence electrons. The summed E-state index contributed by atoms with van der Waals surface area (Å²) in [5, 5.41) is 8.07. The molecule has 0 bridgehead atoms. The largest absolute Gasteiger partial charge is 0.328 e. The lowest BCUT2D eigenvalue weighted by Gasteiger charge is -2.15. The van der Waals surface area contributed by atoms with E-state index in [1.165, 1.54) is 0 Å². The minimum atomic E-state index is -0.671. The monoisotopic (exact) mass is 361 g/mol. The van der Waals surface area contributed by atoms with E-state index in [-0.39, 0.29) is 0 Å². The molecule has 1 aromatic rings. The molecule has 0 radical (unpaired) electrons. The van der Waals surface area contributed by atoms with Crippen molar-refractivity contribution >= 4 is 35.0 Å². The summed E-state index contributed by atoms with van der Waals surface area (Å²) in [5.41, 5.74) is 2.88. The summed E-state index contributed by atoms with van der Waals surface area (Å²) in [6, 6.07) is 4.64. The number of carbonyl (C=O) groups is 3. The second kappa shape index (κ2) is 12.8. The van der Waals surface area contributed by atoms with Crippen molar-refractivity contribution in [1.82, 2.24) is 5.32 Å². The molecule has 0 aliphatic heterocycles. The Morgan fingerprint density at radius 2 is 1.88 bits per heavy atom. The topological polar surface area (TPSA) is 87.3 Å². The molecule has 26 heavy (non-hydrogen) atoms. The van der Waals surface area contributed by atoms with Crippen LogP contribution in [-0.2, 0) is 14.4 Å². The van der Waals surface area contributed by atoms with E-state index >= 15 is 0 Å². The predicted molar refractivity (Wildman–Crippen MR) is 108 cm³/mol. The number of amides is 2. The van der Waals surface area contributed by atoms with E-state index in [4.69, 9.17) is 0 Å². The highest BCUT2D eigenvalue weighted by Crippen LogP contribution is 2.26. The number of hydrogen-bond donors (Lipinski definition) is 3. The van der Waals surface area contributed by atoms with Gasteiger partial charge in [0.25, 0.3) is 5.91 Å². The van der Waals surface area contributed by atoms with Crippen LogP contribution in [0.5, 0.6) is 0 Å². The molecule has 2 amide bonds. The van der Waals surface area contributed by atoms with Gasteiger partial charge in [-0.05, 0) is 45.0 Å². The van der Waals surface area contributed by atoms with Crippen molar-refractivity contribution in [2.75, 3.05) is 17.7 Å². The Morgan fingerprint density at radius 1 is 1.23 bits per heavy atom. The maximum absolute atomic E-state index is 12.1. The molecular weight excluding hydrogens is 330 g/mol. The van der Waals surface area contributed by atoms with Crippen LogP contribution < -0.4 is 16.0 Å². The zero-order valence-electron chi connectivity index (χ0n) is 16.6. The lowest BCUT2D eigenvalue weighted by atomic mass is 10.0. The van der Waals surface area contributed by atoms with Gasteiger partial charge in [-0.15, -0.1) is 0 Å². The molecule has 3 N–H and O–H groups in total. The molecule has 0 saturated heterocycles. The molecule has 0 aliphatic rings. The van der Waals surface area contributed by atoms with E-state index in [1.807, 2.05) is 40.7 Å². The zero-order valence-corrected chi connectivity index (χ0v) is 16.6. The van der Waals surface area contributed by atoms with Crippen molar-refractivity contribution in [3.8, 4) is 0 Å². The molecule has 1 atom stereocenters. The summed E-state index contributed by atoms with van der Waals surface area (Å²) in [5.74, 6) is -1.17. The van der Waals surface area contributed by atoms with Crippen LogP contribution in [0.1, 0.15) is 53.0 Å². The van der Waals surface area contributed by atoms with Crippen molar-refractivity contribution < 1.29 is 14.4 Å². The second-order valence-corrected chi connectivity index (χ2v) is 5.44. The molecule has 0 heterocycles. The number of rotatable bonds is 9. The molecule has 1 rings (SSSR count). The first-order valence-corrected chi connectivity index (χ1v) is 8.98. The minimum absolute atomic E-state index is 0.455. The van der Waals surface area contributed by atoms with E-state index in [1.54, 1.807) is 25.2 Å². The lowest BCUT2D eigenvalue weighted by Crippen LogP contribution is -2.41. The maximum atomic E-state index is 12.1. The van der Waals surface area contributed by atoms with Crippen LogP contribution in [0.15, 0.2) is 24.3 Å². The van der Waals surface area contributed by atoms with Gasteiger partial charge < -0.3 is 16.0 Å². The molecule has 6 heteroatoms. The van der Waals surface area contributed by atoms with Gasteiger partial charge in [0.05, 0.1) is 11.7 Å². The highest BCUT2D eigenvalue weighted by molar-refractivity contribution is 6.42. The number of benzene rings is 1. The normalized spacial score (nSPS) is 11.7. The first-order chi connectivity index (χ1) is 12.5. The number of allylic oxidation sites excluding steroid dienone is 2. The van der Waals surface area contributed by atoms with E-state index in [2.05, 4.69) is 16.0 Å². The Balaban J connectivity index is 0.00000301. The molecule has 0 aromatic heterocycles. The Bertz CT molecular complexity index is 639. The SMILES string of the molecule is C/C=C(/C)c1ccc(NC(=O)C(=O)C(CCC)NC)cc1NC=O.CC. The Kier molecular flexibility index (Phi) is 11.6. The molecular formula is C20H31N3O3. The fourth-order valence-corrected chi connectivity index (χ4v) is 2.35. The molecule has 0 aliphatic carbocycles. The van der Waals surface area contributed by atoms with Crippen LogP contribution in [0, 0.1) is 0 Å². The number of likely N-dealkylation sites (N-methyl/N-ethyl adjacent to an activating group) is 1. The van der Waals surface area contributed by atoms with Gasteiger partial charge in [0.1, 0.15) is 0 Å². The van der Waals surface area contributed by atoms with Crippen LogP contribution in [-0.4, -0.2) is 31.2 Å². The van der Waals surface area contributed by atoms with Crippen LogP contribution in [0.4, 0.5) is 11.4 Å². The van der Waals surface area contributed by atoms with E-state index < -0.39 is 17.7 Å². The average molecular weight is 361 g/mol. The predicted octanol–water partition coefficient (Wildman–Crippen LogP) is 3.60. The highest BCUT2D eigenvalue weighted by atomic mass is 16.2. The number of hydrogen-bond acceptors (Lipinski definition) is 4. The number of Topliss-reactive ketones (excluding diaryl/α,β-unsaturated/α-hetero) is 1. The summed E-state index contributed by atoms with van der Waals surface area (Å²) in [7, 11) is 1.66. The van der Waals surface area contributed by atoms with E-state index in [0.29, 0.717) is 24.2 Å². The third-order valence-electron chi connectivity index (χ3n) is 3.82. The molecule has 1 aromatic carbocycles. The average Bonchev–Trinajstić information content (AvgIpc) is 2.67. The summed E-state index contributed by atoms with van der Waals surface area (Å²) in [6.07, 6.45) is 3.90. The van der Waals surface area contributed by atoms with Gasteiger partial charge in [-0.3, -0.25) is 14.4 Å². The fraction of sp³-hybridized carbons (Fsp3) is 0.450. The van der Waals surface area contributed by atoms with Gasteiger partial charge in [-0.2, -0.15) is 0 Å². The van der Waals surface area contributed by atoms with Crippen LogP contribution in [0.25, 0.3) is 5.57 Å². The summed E-state index contributed by atoms with van der Waals surface area (Å²) >= 11 is 0. The number of carbonyl (C=O) groups excluding carboxylic acids is 3. The smallest absolute Gasteiger partial charge is 0.293 e. The van der Waals surface area contributed by atoms with Gasteiger partial charge in [0, 0.05) is 11.3 Å². The van der Waals surface area contributed by atoms with Gasteiger partial charge in [-0.25, -0.2) is 0 Å². The molecule has 6 nitrogen and oxygen atoms in total. The highest BCUT2D eigenvalue weighted by Gasteiger charge is 2.23. The lowest BCUT2D eigenvalue weighted by molar-refractivity contribution is -0.136. The number of anilines is 2. The fourth-order valence-electron chi connectivity index (χ4n) is 2.35. The Morgan fingerprint density at radius 3 is 2.38 bits per heavy atom. The van der Waals surface area contributed by atoms with Crippen molar-refractivity contribution in [3.63, 3.8) is 0 Å². The van der Waals surface area contributed by atoms with Gasteiger partial charge in [-0.1, -0.05) is 39.3 Å². The van der Waals surface area contributed by atoms with E-state index in [0.717, 1.165) is 17.6 Å². The Labute approximate surface area is 156 Å². The first-order valence-electron chi connectivity index (χ1n) is 8.98. The van der Waals surface area contributed by atoms with Gasteiger partial charge in [0.2, 0.25) is 12.2 Å². The quantitative estimate of drug-likeness (QED) is 0.463. The van der Waals surface area contributed by atoms with Crippen LogP contribution >= 0.6 is 0 Å². The van der Waals surface area contributed by atoms with Crippen LogP contribution in [0.2, 0.25) is 0 Å². The molecule has 0 saturated carbocycles. The second-order valence-electron chi connectivity index (χ2n) is 5.44. The summed E-state index contributed by atoms with van der Waals surface area (Å²) in [6.45, 7) is 9.78. The molecule has 0 fully saturated rings. The van der Waals surface area contributed by atoms with Crippen molar-refractivity contribution in [3.05, 3.63) is 29.8 Å². The zero-order chi connectivity index (χ0) is 20.1. The standard InChI is InChI=1S/C18H25N3O3.C2H6/c1-5-7-15(19-4)17(23)18(24)21-13-8-9-14(12(3)6-2)16(10-13)20-11-22;1-2/h6,8-11,15,19H,5,7H2,1-4H3,(H,20,22)(H,21,24);1-2H3/b12-6-;. The summed E-state index contributed by atoms with van der Waals surface area (Å²) in [4.78, 5) is 35.1. The Hall–Kier alpha value is -2.47. The summed E-state index contributed by atoms with van der Waals surface area (Å²) < 4.78 is 0. The molecule has 1 unspecified atom stereocenters. The first kappa shape index (κ1) is 23.5. The van der Waals surface area contributed by atoms with E-state index in [9.17, 15) is 14.4 Å². The van der Waals surface area contributed by atoms with Crippen molar-refractivity contribution in [2.24, 2.45) is 0 Å². The minimum Gasteiger partial charge on any atom is -0.328 e. The van der Waals surface area contributed by atoms with Crippen molar-refractivity contribution in [1.29, 1.82) is 0 Å². The van der Waals surface area contributed by atoms with Gasteiger partial charge in [0.15, 0.2) is 0 Å². The van der Waals surface area contributed by atoms with Gasteiger partial charge >= 0.3 is 0 Å². The molecule has 0 spiro atoms. The maximum Gasteiger partial charge on any atom is 0.293 e. The van der Waals surface area contributed by atoms with Crippen molar-refractivity contribution in [2.45, 2.75) is 53.5 Å². The third kappa shape index (κ3) is 6.80.